The molecule has 15 heavy (non-hydrogen) atoms. The molecule has 0 aromatic carbocycles. The van der Waals surface area contributed by atoms with E-state index < -0.39 is 0 Å². The molecule has 2 bridgehead atoms. The quantitative estimate of drug-likeness (QED) is 0.652. The van der Waals surface area contributed by atoms with Gasteiger partial charge in [0.15, 0.2) is 0 Å². The van der Waals surface area contributed by atoms with Crippen LogP contribution in [0, 0.1) is 23.2 Å². The number of carbonyl (C=O) groups excluding carboxylic acids is 1. The van der Waals surface area contributed by atoms with Crippen molar-refractivity contribution in [1.82, 2.24) is 0 Å². The molecule has 0 N–H and O–H groups in total. The largest absolute Gasteiger partial charge is 0.466 e. The van der Waals surface area contributed by atoms with Crippen LogP contribution in [0.5, 0.6) is 0 Å². The van der Waals surface area contributed by atoms with Crippen LogP contribution < -0.4 is 0 Å². The van der Waals surface area contributed by atoms with Crippen molar-refractivity contribution < 1.29 is 9.53 Å². The van der Waals surface area contributed by atoms with Crippen LogP contribution in [-0.2, 0) is 9.53 Å². The zero-order valence-corrected chi connectivity index (χ0v) is 9.50. The molecule has 0 aliphatic heterocycles. The zero-order valence-electron chi connectivity index (χ0n) is 9.50. The van der Waals surface area contributed by atoms with Gasteiger partial charge in [0, 0.05) is 0 Å². The lowest BCUT2D eigenvalue weighted by Gasteiger charge is -2.36. The summed E-state index contributed by atoms with van der Waals surface area (Å²) in [6.07, 6.45) is 7.59. The molecule has 4 atom stereocenters. The van der Waals surface area contributed by atoms with Gasteiger partial charge in [-0.05, 0) is 56.8 Å². The van der Waals surface area contributed by atoms with Crippen LogP contribution in [0.3, 0.4) is 0 Å². The number of hydrogen-bond acceptors (Lipinski definition) is 2. The van der Waals surface area contributed by atoms with E-state index in [1.807, 2.05) is 6.92 Å². The van der Waals surface area contributed by atoms with Crippen LogP contribution >= 0.6 is 0 Å². The van der Waals surface area contributed by atoms with Gasteiger partial charge in [-0.15, -0.1) is 0 Å². The molecule has 84 valence electrons. The van der Waals surface area contributed by atoms with Gasteiger partial charge in [-0.25, -0.2) is 0 Å². The highest BCUT2D eigenvalue weighted by molar-refractivity contribution is 5.79. The molecule has 0 unspecified atom stereocenters. The minimum absolute atomic E-state index is 0.0288. The second-order valence-corrected chi connectivity index (χ2v) is 5.53. The Bertz CT molecular complexity index is 286. The Kier molecular flexibility index (Phi) is 2.08. The predicted molar refractivity (Wildman–Crippen MR) is 57.2 cm³/mol. The first kappa shape index (κ1) is 9.68. The number of fused-ring (bicyclic) bond motifs is 5. The maximum absolute atomic E-state index is 12.2. The second kappa shape index (κ2) is 3.23. The van der Waals surface area contributed by atoms with Gasteiger partial charge in [0.1, 0.15) is 0 Å². The van der Waals surface area contributed by atoms with Crippen LogP contribution in [0.4, 0.5) is 0 Å². The average molecular weight is 208 g/mol. The highest BCUT2D eigenvalue weighted by atomic mass is 16.5. The summed E-state index contributed by atoms with van der Waals surface area (Å²) >= 11 is 0. The zero-order chi connectivity index (χ0) is 10.5. The summed E-state index contributed by atoms with van der Waals surface area (Å²) in [5.74, 6) is 2.32. The summed E-state index contributed by atoms with van der Waals surface area (Å²) in [5.41, 5.74) is -0.0288. The predicted octanol–water partition coefficient (Wildman–Crippen LogP) is 2.77. The Morgan fingerprint density at radius 3 is 3.07 bits per heavy atom. The van der Waals surface area contributed by atoms with Crippen LogP contribution in [-0.4, -0.2) is 12.6 Å². The van der Waals surface area contributed by atoms with Crippen molar-refractivity contribution in [3.05, 3.63) is 0 Å². The van der Waals surface area contributed by atoms with E-state index in [0.29, 0.717) is 18.4 Å². The number of carbonyl (C=O) groups is 1. The topological polar surface area (TPSA) is 26.3 Å². The van der Waals surface area contributed by atoms with Crippen LogP contribution in [0.2, 0.25) is 0 Å². The molecule has 0 aromatic heterocycles. The third-order valence-electron chi connectivity index (χ3n) is 5.19. The van der Waals surface area contributed by atoms with Crippen molar-refractivity contribution >= 4 is 5.97 Å². The number of ether oxygens (including phenoxy) is 1. The first-order valence-corrected chi connectivity index (χ1v) is 6.46. The van der Waals surface area contributed by atoms with E-state index in [1.54, 1.807) is 0 Å². The van der Waals surface area contributed by atoms with E-state index >= 15 is 0 Å². The Hall–Kier alpha value is -0.530. The van der Waals surface area contributed by atoms with Gasteiger partial charge in [-0.3, -0.25) is 4.79 Å². The van der Waals surface area contributed by atoms with Gasteiger partial charge in [-0.2, -0.15) is 0 Å². The van der Waals surface area contributed by atoms with E-state index in [4.69, 9.17) is 4.74 Å². The lowest BCUT2D eigenvalue weighted by Crippen LogP contribution is -2.41. The standard InChI is InChI=1S/C13H20O2/c1-2-15-12(14)13-7-3-4-11(13)9-5-6-10(13)8-9/h9-11H,2-8H2,1H3/t9-,10+,11-,13-/m0/s1. The maximum atomic E-state index is 12.2. The van der Waals surface area contributed by atoms with E-state index in [2.05, 4.69) is 0 Å². The SMILES string of the molecule is CCOC(=O)[C@]12CCC[C@H]1[C@H]1CC[C@@H]2C1. The number of rotatable bonds is 2. The van der Waals surface area contributed by atoms with Crippen LogP contribution in [0.15, 0.2) is 0 Å². The molecule has 0 radical (unpaired) electrons. The Morgan fingerprint density at radius 2 is 2.27 bits per heavy atom. The van der Waals surface area contributed by atoms with E-state index in [0.717, 1.165) is 12.3 Å². The summed E-state index contributed by atoms with van der Waals surface area (Å²) in [6.45, 7) is 2.47. The molecule has 3 aliphatic rings. The van der Waals surface area contributed by atoms with Crippen molar-refractivity contribution in [2.24, 2.45) is 23.2 Å². The minimum atomic E-state index is -0.0288. The lowest BCUT2D eigenvalue weighted by atomic mass is 9.68. The van der Waals surface area contributed by atoms with Gasteiger partial charge in [-0.1, -0.05) is 6.42 Å². The van der Waals surface area contributed by atoms with E-state index in [9.17, 15) is 4.79 Å². The molecule has 3 fully saturated rings. The Labute approximate surface area is 91.4 Å². The van der Waals surface area contributed by atoms with Gasteiger partial charge in [0.25, 0.3) is 0 Å². The molecular weight excluding hydrogens is 188 g/mol. The highest BCUT2D eigenvalue weighted by Gasteiger charge is 2.64. The third kappa shape index (κ3) is 1.08. The molecule has 0 aromatic rings. The summed E-state index contributed by atoms with van der Waals surface area (Å²) in [4.78, 5) is 12.2. The molecule has 3 saturated carbocycles. The van der Waals surface area contributed by atoms with Crippen LogP contribution in [0.1, 0.15) is 45.4 Å². The molecule has 0 spiro atoms. The summed E-state index contributed by atoms with van der Waals surface area (Å²) in [5, 5.41) is 0. The fourth-order valence-electron chi connectivity index (χ4n) is 4.76. The van der Waals surface area contributed by atoms with Crippen molar-refractivity contribution in [1.29, 1.82) is 0 Å². The molecule has 0 heterocycles. The molecule has 3 rings (SSSR count). The molecule has 3 aliphatic carbocycles. The molecular formula is C13H20O2. The monoisotopic (exact) mass is 208 g/mol. The van der Waals surface area contributed by atoms with Crippen molar-refractivity contribution in [3.8, 4) is 0 Å². The number of esters is 1. The fraction of sp³-hybridized carbons (Fsp3) is 0.923. The summed E-state index contributed by atoms with van der Waals surface area (Å²) in [6, 6.07) is 0. The Morgan fingerprint density at radius 1 is 1.40 bits per heavy atom. The average Bonchev–Trinajstić information content (AvgIpc) is 2.90. The van der Waals surface area contributed by atoms with Gasteiger partial charge in [0.05, 0.1) is 12.0 Å². The highest BCUT2D eigenvalue weighted by Crippen LogP contribution is 2.66. The van der Waals surface area contributed by atoms with Crippen molar-refractivity contribution in [2.45, 2.75) is 45.4 Å². The minimum Gasteiger partial charge on any atom is -0.466 e. The molecule has 2 heteroatoms. The molecule has 0 saturated heterocycles. The first-order valence-electron chi connectivity index (χ1n) is 6.46. The number of hydrogen-bond donors (Lipinski definition) is 0. The molecule has 2 nitrogen and oxygen atoms in total. The lowest BCUT2D eigenvalue weighted by molar-refractivity contribution is -0.161. The van der Waals surface area contributed by atoms with Gasteiger partial charge in [0.2, 0.25) is 0 Å². The maximum Gasteiger partial charge on any atom is 0.312 e. The molecule has 0 amide bonds. The second-order valence-electron chi connectivity index (χ2n) is 5.53. The third-order valence-corrected chi connectivity index (χ3v) is 5.19. The van der Waals surface area contributed by atoms with Gasteiger partial charge < -0.3 is 4.74 Å². The smallest absolute Gasteiger partial charge is 0.312 e. The van der Waals surface area contributed by atoms with E-state index in [-0.39, 0.29) is 11.4 Å². The van der Waals surface area contributed by atoms with Crippen molar-refractivity contribution in [2.75, 3.05) is 6.61 Å². The fourth-order valence-corrected chi connectivity index (χ4v) is 4.76. The summed E-state index contributed by atoms with van der Waals surface area (Å²) < 4.78 is 5.34. The summed E-state index contributed by atoms with van der Waals surface area (Å²) in [7, 11) is 0. The normalized spacial score (nSPS) is 46.9. The Balaban J connectivity index is 1.91. The first-order chi connectivity index (χ1) is 7.29. The van der Waals surface area contributed by atoms with Crippen LogP contribution in [0.25, 0.3) is 0 Å². The van der Waals surface area contributed by atoms with Crippen molar-refractivity contribution in [3.63, 3.8) is 0 Å². The van der Waals surface area contributed by atoms with E-state index in [1.165, 1.54) is 32.1 Å². The van der Waals surface area contributed by atoms with Gasteiger partial charge >= 0.3 is 5.97 Å².